The Balaban J connectivity index is 1.41. The number of nitrogens with one attached hydrogen (secondary N) is 1. The van der Waals surface area contributed by atoms with Gasteiger partial charge in [-0.15, -0.1) is 0 Å². The van der Waals surface area contributed by atoms with Gasteiger partial charge < -0.3 is 29.7 Å². The maximum absolute atomic E-state index is 14.3. The quantitative estimate of drug-likeness (QED) is 0.573. The third kappa shape index (κ3) is 2.59. The van der Waals surface area contributed by atoms with Gasteiger partial charge in [-0.3, -0.25) is 14.4 Å². The molecule has 5 fully saturated rings. The highest BCUT2D eigenvalue weighted by Gasteiger charge is 2.81. The summed E-state index contributed by atoms with van der Waals surface area (Å²) in [6.07, 6.45) is 4.08. The number of likely N-dealkylation sites (N-methyl/N-ethyl adjacent to an activating group) is 1. The van der Waals surface area contributed by atoms with Gasteiger partial charge in [0.2, 0.25) is 11.8 Å². The maximum atomic E-state index is 14.3. The van der Waals surface area contributed by atoms with Crippen molar-refractivity contribution in [2.24, 2.45) is 17.3 Å². The monoisotopic (exact) mass is 535 g/mol. The van der Waals surface area contributed by atoms with Gasteiger partial charge in [-0.25, -0.2) is 0 Å². The van der Waals surface area contributed by atoms with Gasteiger partial charge in [-0.2, -0.15) is 0 Å². The second kappa shape index (κ2) is 7.16. The summed E-state index contributed by atoms with van der Waals surface area (Å²) in [5, 5.41) is 14.8. The molecule has 1 aromatic carbocycles. The molecule has 3 amide bonds. The zero-order chi connectivity index (χ0) is 27.9. The second-order valence-corrected chi connectivity index (χ2v) is 13.6. The van der Waals surface area contributed by atoms with Crippen LogP contribution in [-0.2, 0) is 19.8 Å². The minimum atomic E-state index is -1.29. The number of piperazine rings is 1. The number of aliphatic hydroxyl groups excluding tert-OH is 1. The number of benzene rings is 1. The van der Waals surface area contributed by atoms with Crippen LogP contribution in [0.1, 0.15) is 65.9 Å². The fraction of sp³-hybridized carbons (Fsp3) is 0.633. The number of fused-ring (bicyclic) bond motifs is 5. The predicted octanol–water partition coefficient (Wildman–Crippen LogP) is 2.96. The van der Waals surface area contributed by atoms with Crippen molar-refractivity contribution in [3.63, 3.8) is 0 Å². The number of nitrogens with zero attached hydrogens (tertiary/aromatic N) is 2. The van der Waals surface area contributed by atoms with Crippen LogP contribution < -0.4 is 14.8 Å². The third-order valence-corrected chi connectivity index (χ3v) is 11.4. The summed E-state index contributed by atoms with van der Waals surface area (Å²) in [4.78, 5) is 45.3. The lowest BCUT2D eigenvalue weighted by atomic mass is 9.54. The predicted molar refractivity (Wildman–Crippen MR) is 142 cm³/mol. The van der Waals surface area contributed by atoms with Crippen molar-refractivity contribution < 1.29 is 29.0 Å². The summed E-state index contributed by atoms with van der Waals surface area (Å²) < 4.78 is 12.2. The fourth-order valence-electron chi connectivity index (χ4n) is 9.28. The van der Waals surface area contributed by atoms with Crippen LogP contribution in [0.15, 0.2) is 24.5 Å². The van der Waals surface area contributed by atoms with E-state index in [-0.39, 0.29) is 36.0 Å². The van der Waals surface area contributed by atoms with Crippen LogP contribution in [0.5, 0.6) is 11.5 Å². The number of anilines is 1. The molecule has 0 aromatic heterocycles. The standard InChI is InChI=1S/C30H37N3O6/c1-7-16-12-20(34)33-15-28-14-29(27(4,5)19(28)13-30(33,23(16)35)25(37)32(28)6)17-8-9-18-22(21(17)31-24(29)36)38-11-10-26(2,3)39-18/h8-11,16,19,23,35H,7,12-15H2,1-6H3,(H,31,36)/t16?,19-,23?,28+,29-,30+/m1/s1. The Morgan fingerprint density at radius 2 is 1.90 bits per heavy atom. The van der Waals surface area contributed by atoms with E-state index < -0.39 is 33.6 Å². The van der Waals surface area contributed by atoms with E-state index in [2.05, 4.69) is 19.2 Å². The number of piperidine rings is 3. The molecule has 7 aliphatic rings. The Kier molecular flexibility index (Phi) is 4.58. The van der Waals surface area contributed by atoms with Crippen molar-refractivity contribution >= 4 is 23.4 Å². The molecule has 2 unspecified atom stereocenters. The molecule has 1 aliphatic carbocycles. The lowest BCUT2D eigenvalue weighted by molar-refractivity contribution is -0.223. The second-order valence-electron chi connectivity index (χ2n) is 13.6. The summed E-state index contributed by atoms with van der Waals surface area (Å²) in [5.74, 6) is 0.228. The van der Waals surface area contributed by atoms with Crippen molar-refractivity contribution in [2.45, 2.75) is 88.5 Å². The van der Waals surface area contributed by atoms with Gasteiger partial charge >= 0.3 is 0 Å². The van der Waals surface area contributed by atoms with E-state index >= 15 is 0 Å². The van der Waals surface area contributed by atoms with Crippen molar-refractivity contribution in [3.05, 3.63) is 30.0 Å². The van der Waals surface area contributed by atoms with Crippen LogP contribution in [0.4, 0.5) is 5.69 Å². The Morgan fingerprint density at radius 1 is 1.15 bits per heavy atom. The number of ether oxygens (including phenoxy) is 2. The molecule has 3 spiro atoms. The summed E-state index contributed by atoms with van der Waals surface area (Å²) in [6, 6.07) is 3.83. The third-order valence-electron chi connectivity index (χ3n) is 11.4. The molecule has 2 bridgehead atoms. The molecule has 6 atom stereocenters. The number of hydrogen-bond donors (Lipinski definition) is 2. The van der Waals surface area contributed by atoms with E-state index in [9.17, 15) is 19.5 Å². The number of carbonyl (C=O) groups excluding carboxylic acids is 3. The molecule has 6 heterocycles. The zero-order valence-corrected chi connectivity index (χ0v) is 23.5. The lowest BCUT2D eigenvalue weighted by Crippen LogP contribution is -2.85. The molecule has 8 rings (SSSR count). The Morgan fingerprint density at radius 3 is 2.62 bits per heavy atom. The summed E-state index contributed by atoms with van der Waals surface area (Å²) in [5.41, 5.74) is -2.74. The molecule has 39 heavy (non-hydrogen) atoms. The molecule has 6 aliphatic heterocycles. The number of carbonyl (C=O) groups is 3. The number of hydrogen-bond acceptors (Lipinski definition) is 6. The molecule has 1 aromatic rings. The van der Waals surface area contributed by atoms with E-state index in [0.29, 0.717) is 43.0 Å². The van der Waals surface area contributed by atoms with Crippen molar-refractivity contribution in [1.29, 1.82) is 0 Å². The topological polar surface area (TPSA) is 108 Å². The van der Waals surface area contributed by atoms with Gasteiger partial charge in [-0.1, -0.05) is 33.3 Å². The smallest absolute Gasteiger partial charge is 0.251 e. The number of amides is 3. The first-order valence-corrected chi connectivity index (χ1v) is 14.1. The average Bonchev–Trinajstić information content (AvgIpc) is 3.20. The first kappa shape index (κ1) is 24.9. The van der Waals surface area contributed by atoms with E-state index in [0.717, 1.165) is 5.56 Å². The fourth-order valence-corrected chi connectivity index (χ4v) is 9.28. The summed E-state index contributed by atoms with van der Waals surface area (Å²) in [7, 11) is 1.80. The molecule has 4 saturated heterocycles. The van der Waals surface area contributed by atoms with Crippen LogP contribution in [0.3, 0.4) is 0 Å². The first-order valence-electron chi connectivity index (χ1n) is 14.1. The molecule has 0 radical (unpaired) electrons. The van der Waals surface area contributed by atoms with Crippen LogP contribution >= 0.6 is 0 Å². The molecular formula is C30H37N3O6. The highest BCUT2D eigenvalue weighted by Crippen LogP contribution is 2.72. The van der Waals surface area contributed by atoms with Crippen molar-refractivity contribution in [2.75, 3.05) is 18.9 Å². The molecule has 2 N–H and O–H groups in total. The zero-order valence-electron chi connectivity index (χ0n) is 23.5. The van der Waals surface area contributed by atoms with Crippen LogP contribution in [0.25, 0.3) is 0 Å². The maximum Gasteiger partial charge on any atom is 0.251 e. The van der Waals surface area contributed by atoms with Gasteiger partial charge in [0.05, 0.1) is 29.0 Å². The van der Waals surface area contributed by atoms with E-state index in [1.54, 1.807) is 23.1 Å². The van der Waals surface area contributed by atoms with Gasteiger partial charge in [0.1, 0.15) is 11.1 Å². The average molecular weight is 536 g/mol. The minimum Gasteiger partial charge on any atom is -0.480 e. The van der Waals surface area contributed by atoms with Crippen LogP contribution in [0, 0.1) is 17.3 Å². The molecule has 9 nitrogen and oxygen atoms in total. The largest absolute Gasteiger partial charge is 0.480 e. The first-order chi connectivity index (χ1) is 18.3. The Hall–Kier alpha value is -3.07. The Labute approximate surface area is 228 Å². The summed E-state index contributed by atoms with van der Waals surface area (Å²) >= 11 is 0. The lowest BCUT2D eigenvalue weighted by Gasteiger charge is -2.68. The van der Waals surface area contributed by atoms with Gasteiger partial charge in [-0.05, 0) is 61.6 Å². The molecular weight excluding hydrogens is 498 g/mol. The highest BCUT2D eigenvalue weighted by molar-refractivity contribution is 6.10. The Bertz CT molecular complexity index is 1380. The minimum absolute atomic E-state index is 0.0771. The van der Waals surface area contributed by atoms with Crippen molar-refractivity contribution in [1.82, 2.24) is 9.80 Å². The van der Waals surface area contributed by atoms with Crippen molar-refractivity contribution in [3.8, 4) is 11.5 Å². The van der Waals surface area contributed by atoms with E-state index in [1.165, 1.54) is 0 Å². The van der Waals surface area contributed by atoms with Gasteiger partial charge in [0, 0.05) is 20.0 Å². The molecule has 1 saturated carbocycles. The molecule has 9 heteroatoms. The van der Waals surface area contributed by atoms with Crippen LogP contribution in [0.2, 0.25) is 0 Å². The van der Waals surface area contributed by atoms with E-state index in [4.69, 9.17) is 9.47 Å². The SMILES string of the molecule is CCC1CC(=O)N2C[C@@]34C[C@@]5(C(=O)Nc6c5ccc5c6OC=CC(C)(C)O5)C(C)(C)[C@H]3C[C@@]2(C(=O)N4C)C1O. The number of rotatable bonds is 1. The van der Waals surface area contributed by atoms with Gasteiger partial charge in [0.25, 0.3) is 5.91 Å². The number of aliphatic hydroxyl groups is 1. The summed E-state index contributed by atoms with van der Waals surface area (Å²) in [6.45, 7) is 10.4. The van der Waals surface area contributed by atoms with Gasteiger partial charge in [0.15, 0.2) is 11.5 Å². The van der Waals surface area contributed by atoms with E-state index in [1.807, 2.05) is 39.0 Å². The highest BCUT2D eigenvalue weighted by atomic mass is 16.5. The van der Waals surface area contributed by atoms with Crippen LogP contribution in [-0.4, -0.2) is 69.0 Å². The molecule has 208 valence electrons. The normalized spacial score (nSPS) is 40.4.